The molecule has 0 radical (unpaired) electrons. The van der Waals surface area contributed by atoms with Crippen molar-refractivity contribution in [1.82, 2.24) is 25.4 Å². The lowest BCUT2D eigenvalue weighted by Crippen LogP contribution is -2.50. The van der Waals surface area contributed by atoms with Crippen LogP contribution in [0.1, 0.15) is 30.0 Å². The van der Waals surface area contributed by atoms with Crippen molar-refractivity contribution in [2.24, 2.45) is 15.7 Å². The van der Waals surface area contributed by atoms with Gasteiger partial charge in [0.15, 0.2) is 12.0 Å². The van der Waals surface area contributed by atoms with Crippen LogP contribution in [0.15, 0.2) is 64.2 Å². The van der Waals surface area contributed by atoms with Gasteiger partial charge in [-0.05, 0) is 30.5 Å². The second-order valence-electron chi connectivity index (χ2n) is 9.36. The normalized spacial score (nSPS) is 25.4. The summed E-state index contributed by atoms with van der Waals surface area (Å²) in [5.74, 6) is 0.452. The molecule has 4 N–H and O–H groups in total. The largest absolute Gasteiger partial charge is 0.465 e. The van der Waals surface area contributed by atoms with Crippen LogP contribution >= 0.6 is 0 Å². The van der Waals surface area contributed by atoms with Crippen molar-refractivity contribution in [1.29, 1.82) is 0 Å². The van der Waals surface area contributed by atoms with Crippen LogP contribution in [0, 0.1) is 5.82 Å². The van der Waals surface area contributed by atoms with E-state index < -0.39 is 5.82 Å². The second-order valence-corrected chi connectivity index (χ2v) is 9.36. The van der Waals surface area contributed by atoms with Crippen molar-refractivity contribution in [3.8, 4) is 0 Å². The van der Waals surface area contributed by atoms with Gasteiger partial charge in [0.25, 0.3) is 6.02 Å². The third-order valence-corrected chi connectivity index (χ3v) is 6.99. The number of benzene rings is 1. The number of ether oxygens (including phenoxy) is 1. The molecule has 2 bridgehead atoms. The van der Waals surface area contributed by atoms with E-state index in [0.29, 0.717) is 48.4 Å². The number of nitrogens with one attached hydrogen (secondary N) is 2. The third kappa shape index (κ3) is 4.23. The van der Waals surface area contributed by atoms with Gasteiger partial charge in [0, 0.05) is 50.0 Å². The third-order valence-electron chi connectivity index (χ3n) is 6.99. The summed E-state index contributed by atoms with van der Waals surface area (Å²) < 4.78 is 19.6. The van der Waals surface area contributed by atoms with E-state index in [4.69, 9.17) is 15.5 Å². The maximum absolute atomic E-state index is 14.0. The highest BCUT2D eigenvalue weighted by Gasteiger charge is 2.39. The highest BCUT2D eigenvalue weighted by Crippen LogP contribution is 2.30. The Hall–Kier alpha value is -3.50. The highest BCUT2D eigenvalue weighted by molar-refractivity contribution is 6.01. The van der Waals surface area contributed by atoms with Crippen LogP contribution in [0.3, 0.4) is 0 Å². The van der Waals surface area contributed by atoms with E-state index in [1.165, 1.54) is 24.2 Å². The molecule has 4 aliphatic heterocycles. The Labute approximate surface area is 203 Å². The first-order valence-corrected chi connectivity index (χ1v) is 12.1. The molecule has 1 aromatic heterocycles. The minimum atomic E-state index is -0.420. The molecule has 35 heavy (non-hydrogen) atoms. The van der Waals surface area contributed by atoms with Crippen LogP contribution in [0.25, 0.3) is 0 Å². The Bertz CT molecular complexity index is 1210. The molecule has 0 aliphatic carbocycles. The van der Waals surface area contributed by atoms with E-state index in [1.807, 2.05) is 11.8 Å². The molecule has 1 unspecified atom stereocenters. The molecule has 6 rings (SSSR count). The van der Waals surface area contributed by atoms with Crippen LogP contribution in [-0.2, 0) is 17.8 Å². The zero-order valence-electron chi connectivity index (χ0n) is 19.6. The molecule has 10 heteroatoms. The van der Waals surface area contributed by atoms with Crippen LogP contribution in [0.4, 0.5) is 4.39 Å². The first-order chi connectivity index (χ1) is 17.1. The smallest absolute Gasteiger partial charge is 0.293 e. The monoisotopic (exact) mass is 476 g/mol. The van der Waals surface area contributed by atoms with Crippen LogP contribution in [0.2, 0.25) is 0 Å². The maximum Gasteiger partial charge on any atom is 0.293 e. The minimum absolute atomic E-state index is 0.284. The van der Waals surface area contributed by atoms with Gasteiger partial charge < -0.3 is 26.0 Å². The van der Waals surface area contributed by atoms with Crippen LogP contribution in [0.5, 0.6) is 0 Å². The van der Waals surface area contributed by atoms with Gasteiger partial charge in [0.1, 0.15) is 17.3 Å². The topological polar surface area (TPSA) is 103 Å². The Morgan fingerprint density at radius 2 is 1.94 bits per heavy atom. The molecule has 9 nitrogen and oxygen atoms in total. The van der Waals surface area contributed by atoms with Crippen molar-refractivity contribution in [3.63, 3.8) is 0 Å². The standard InChI is InChI=1S/C25H29FN8O/c1-2-35-25-31-22(27)21-24(32-25)34(23(30-21)17-7-18(26)10-28-9-17)13-16-5-3-15(4-6-16)12-33-14-19-8-20(33)11-29-19/h3-7,9-10,19-20,24,29H,2,8,11-14,27H2,1H3,(H,31,32)/t19-,20-,24?/m0/s1. The summed E-state index contributed by atoms with van der Waals surface area (Å²) in [4.78, 5) is 17.7. The summed E-state index contributed by atoms with van der Waals surface area (Å²) in [6, 6.07) is 11.8. The predicted octanol–water partition coefficient (Wildman–Crippen LogP) is 1.48. The number of pyridine rings is 1. The number of amidine groups is 2. The van der Waals surface area contributed by atoms with Crippen LogP contribution in [-0.4, -0.2) is 64.6 Å². The molecule has 2 saturated heterocycles. The van der Waals surface area contributed by atoms with Gasteiger partial charge in [-0.15, -0.1) is 0 Å². The van der Waals surface area contributed by atoms with E-state index in [1.54, 1.807) is 6.20 Å². The molecule has 0 spiro atoms. The Balaban J connectivity index is 1.25. The van der Waals surface area contributed by atoms with Crippen molar-refractivity contribution in [3.05, 3.63) is 76.8 Å². The van der Waals surface area contributed by atoms with Gasteiger partial charge in [0.05, 0.1) is 12.8 Å². The number of nitrogens with two attached hydrogens (primary N) is 1. The summed E-state index contributed by atoms with van der Waals surface area (Å²) in [6.45, 7) is 6.07. The quantitative estimate of drug-likeness (QED) is 0.580. The second kappa shape index (κ2) is 8.94. The van der Waals surface area contributed by atoms with Gasteiger partial charge in [-0.3, -0.25) is 9.88 Å². The Kier molecular flexibility index (Phi) is 5.62. The Morgan fingerprint density at radius 3 is 2.63 bits per heavy atom. The van der Waals surface area contributed by atoms with Crippen LogP contribution < -0.4 is 16.4 Å². The number of rotatable bonds is 6. The molecule has 182 valence electrons. The molecule has 5 heterocycles. The van der Waals surface area contributed by atoms with Gasteiger partial charge in [-0.1, -0.05) is 24.3 Å². The predicted molar refractivity (Wildman–Crippen MR) is 131 cm³/mol. The number of piperazine rings is 1. The van der Waals surface area contributed by atoms with E-state index in [-0.39, 0.29) is 12.0 Å². The fraction of sp³-hybridized carbons (Fsp3) is 0.400. The Morgan fingerprint density at radius 1 is 1.14 bits per heavy atom. The summed E-state index contributed by atoms with van der Waals surface area (Å²) in [5.41, 5.74) is 9.80. The molecule has 2 fully saturated rings. The zero-order chi connectivity index (χ0) is 23.9. The summed E-state index contributed by atoms with van der Waals surface area (Å²) >= 11 is 0. The number of likely N-dealkylation sites (tertiary alicyclic amines) is 1. The van der Waals surface area contributed by atoms with E-state index in [0.717, 1.165) is 25.2 Å². The van der Waals surface area contributed by atoms with Crippen molar-refractivity contribution < 1.29 is 9.13 Å². The summed E-state index contributed by atoms with van der Waals surface area (Å²) in [7, 11) is 0. The number of nitrogens with zero attached hydrogens (tertiary/aromatic N) is 5. The molecule has 4 aliphatic rings. The summed E-state index contributed by atoms with van der Waals surface area (Å²) in [5, 5.41) is 6.84. The molecule has 0 saturated carbocycles. The van der Waals surface area contributed by atoms with Gasteiger partial charge in [-0.25, -0.2) is 9.38 Å². The minimum Gasteiger partial charge on any atom is -0.465 e. The zero-order valence-corrected chi connectivity index (χ0v) is 19.6. The fourth-order valence-electron chi connectivity index (χ4n) is 5.33. The molecular formula is C25H29FN8O. The van der Waals surface area contributed by atoms with Gasteiger partial charge in [0.2, 0.25) is 0 Å². The average Bonchev–Trinajstić information content (AvgIpc) is 3.56. The molecule has 0 amide bonds. The lowest BCUT2D eigenvalue weighted by Gasteiger charge is -2.31. The number of fused-ring (bicyclic) bond motifs is 3. The van der Waals surface area contributed by atoms with E-state index >= 15 is 0 Å². The molecular weight excluding hydrogens is 447 g/mol. The first-order valence-electron chi connectivity index (χ1n) is 12.1. The number of halogens is 1. The maximum atomic E-state index is 14.0. The number of aromatic nitrogens is 1. The molecule has 1 aromatic carbocycles. The van der Waals surface area contributed by atoms with Crippen molar-refractivity contribution in [2.75, 3.05) is 19.7 Å². The first kappa shape index (κ1) is 22.0. The number of hydrogen-bond acceptors (Lipinski definition) is 9. The van der Waals surface area contributed by atoms with Gasteiger partial charge in [-0.2, -0.15) is 4.99 Å². The lowest BCUT2D eigenvalue weighted by molar-refractivity contribution is 0.218. The summed E-state index contributed by atoms with van der Waals surface area (Å²) in [6.07, 6.45) is 3.67. The van der Waals surface area contributed by atoms with Gasteiger partial charge >= 0.3 is 0 Å². The number of aliphatic imine (C=N–C) groups is 2. The lowest BCUT2D eigenvalue weighted by atomic mass is 10.1. The molecule has 2 aromatic rings. The van der Waals surface area contributed by atoms with E-state index in [2.05, 4.69) is 49.8 Å². The SMILES string of the molecule is CCOC1=NC(N)=C2N=C(c3cncc(F)c3)N(Cc3ccc(CN4C[C@@H]5C[C@H]4CN5)cc3)C2N1. The number of hydrogen-bond donors (Lipinski definition) is 3. The molecule has 3 atom stereocenters. The van der Waals surface area contributed by atoms with E-state index in [9.17, 15) is 4.39 Å². The average molecular weight is 477 g/mol. The van der Waals surface area contributed by atoms with Crippen molar-refractivity contribution >= 4 is 11.9 Å². The van der Waals surface area contributed by atoms with Crippen molar-refractivity contribution in [2.45, 2.75) is 44.7 Å². The highest BCUT2D eigenvalue weighted by atomic mass is 19.1. The fourth-order valence-corrected chi connectivity index (χ4v) is 5.33.